The molecule has 15 heavy (non-hydrogen) atoms. The van der Waals surface area contributed by atoms with E-state index in [1.54, 1.807) is 0 Å². The van der Waals surface area contributed by atoms with E-state index in [1.165, 1.54) is 0 Å². The fourth-order valence-electron chi connectivity index (χ4n) is 0.789. The van der Waals surface area contributed by atoms with E-state index in [4.69, 9.17) is 21.9 Å². The van der Waals surface area contributed by atoms with Crippen LogP contribution in [0.5, 0.6) is 0 Å². The van der Waals surface area contributed by atoms with Crippen molar-refractivity contribution in [3.8, 4) is 0 Å². The molecule has 2 nitrogen and oxygen atoms in total. The van der Waals surface area contributed by atoms with Crippen molar-refractivity contribution < 1.29 is 31.8 Å². The van der Waals surface area contributed by atoms with Crippen molar-refractivity contribution in [2.75, 3.05) is 0 Å². The fourth-order valence-corrected chi connectivity index (χ4v) is 0.789. The van der Waals surface area contributed by atoms with E-state index in [-0.39, 0.29) is 0 Å². The molecule has 0 aliphatic heterocycles. The molecule has 0 amide bonds. The SMILES string of the molecule is [2H]c1cc(C([2H])(C(=O)O)C([2H])([2H])[2H])c([2H])c([2H])c1C([2H])([2H])C([2H])(C([2H])([2H])[2H])C([2H])([2H])[2H]. The van der Waals surface area contributed by atoms with Crippen molar-refractivity contribution in [1.29, 1.82) is 0 Å². The topological polar surface area (TPSA) is 37.3 Å². The van der Waals surface area contributed by atoms with E-state index in [1.807, 2.05) is 0 Å². The zero-order valence-corrected chi connectivity index (χ0v) is 7.43. The number of benzene rings is 1. The summed E-state index contributed by atoms with van der Waals surface area (Å²) in [5.74, 6) is -9.70. The van der Waals surface area contributed by atoms with Crippen LogP contribution in [0.4, 0.5) is 0 Å². The number of carboxylic acids is 1. The maximum Gasteiger partial charge on any atom is 0.310 e. The first kappa shape index (κ1) is 2.50. The molecule has 1 unspecified atom stereocenters. The number of aliphatic carboxylic acids is 1. The van der Waals surface area contributed by atoms with Gasteiger partial charge in [-0.3, -0.25) is 4.79 Å². The molecule has 82 valence electrons. The van der Waals surface area contributed by atoms with Crippen LogP contribution in [0.15, 0.2) is 24.2 Å². The van der Waals surface area contributed by atoms with Crippen molar-refractivity contribution in [2.24, 2.45) is 5.89 Å². The maximum atomic E-state index is 11.5. The Morgan fingerprint density at radius 3 is 3.00 bits per heavy atom. The zero-order valence-electron chi connectivity index (χ0n) is 23.4. The zero-order chi connectivity index (χ0) is 25.2. The molecule has 0 bridgehead atoms. The van der Waals surface area contributed by atoms with Crippen LogP contribution in [0.25, 0.3) is 0 Å². The Balaban J connectivity index is 4.08. The highest BCUT2D eigenvalue weighted by molar-refractivity contribution is 5.75. The Labute approximate surface area is 113 Å². The molecule has 0 aliphatic carbocycles. The van der Waals surface area contributed by atoms with Gasteiger partial charge in [-0.05, 0) is 30.2 Å². The number of carbonyl (C=O) groups is 1. The van der Waals surface area contributed by atoms with E-state index in [2.05, 4.69) is 0 Å². The summed E-state index contributed by atoms with van der Waals surface area (Å²) in [6, 6.07) is -3.67. The lowest BCUT2D eigenvalue weighted by atomic mass is 9.97. The molecular weight excluding hydrogens is 188 g/mol. The number of hydrogen-bond donors (Lipinski definition) is 1. The summed E-state index contributed by atoms with van der Waals surface area (Å²) in [5.41, 5.74) is -2.50. The highest BCUT2D eigenvalue weighted by atomic mass is 16.4. The van der Waals surface area contributed by atoms with Crippen LogP contribution in [-0.2, 0) is 11.2 Å². The summed E-state index contributed by atoms with van der Waals surface area (Å²) in [6.07, 6.45) is -3.78. The van der Waals surface area contributed by atoms with Crippen LogP contribution in [0, 0.1) is 5.89 Å². The lowest BCUT2D eigenvalue weighted by molar-refractivity contribution is -0.138. The van der Waals surface area contributed by atoms with Gasteiger partial charge in [0, 0.05) is 17.8 Å². The molecule has 1 aromatic rings. The van der Waals surface area contributed by atoms with Crippen molar-refractivity contribution in [1.82, 2.24) is 0 Å². The lowest BCUT2D eigenvalue weighted by Gasteiger charge is -2.09. The summed E-state index contributed by atoms with van der Waals surface area (Å²) in [4.78, 5) is 11.5. The van der Waals surface area contributed by atoms with Crippen molar-refractivity contribution in [2.45, 2.75) is 32.8 Å². The van der Waals surface area contributed by atoms with Crippen LogP contribution < -0.4 is 0 Å². The molecule has 0 fully saturated rings. The molecule has 1 rings (SSSR count). The minimum atomic E-state index is -3.92. The summed E-state index contributed by atoms with van der Waals surface area (Å²) in [7, 11) is 0. The summed E-state index contributed by atoms with van der Waals surface area (Å²) < 4.78 is 123. The highest BCUT2D eigenvalue weighted by Crippen LogP contribution is 2.17. The number of rotatable bonds is 4. The second kappa shape index (κ2) is 4.96. The Morgan fingerprint density at radius 2 is 2.40 bits per heavy atom. The monoisotopic (exact) mass is 222 g/mol. The van der Waals surface area contributed by atoms with Gasteiger partial charge in [-0.2, -0.15) is 0 Å². The third kappa shape index (κ3) is 3.39. The van der Waals surface area contributed by atoms with Gasteiger partial charge in [0.2, 0.25) is 0 Å². The third-order valence-corrected chi connectivity index (χ3v) is 1.42. The molecule has 0 heterocycles. The second-order valence-electron chi connectivity index (χ2n) is 2.51. The largest absolute Gasteiger partial charge is 0.481 e. The Hall–Kier alpha value is -1.31. The van der Waals surface area contributed by atoms with Gasteiger partial charge in [-0.25, -0.2) is 0 Å². The van der Waals surface area contributed by atoms with E-state index < -0.39 is 73.9 Å². The predicted octanol–water partition coefficient (Wildman–Crippen LogP) is 3.07. The number of carboxylic acid groups (broad SMARTS) is 1. The molecule has 0 aliphatic rings. The Bertz CT molecular complexity index is 865. The van der Waals surface area contributed by atoms with Crippen LogP contribution in [0.1, 0.15) is 59.5 Å². The minimum Gasteiger partial charge on any atom is -0.481 e. The summed E-state index contributed by atoms with van der Waals surface area (Å²) in [6.45, 7) is -11.2. The van der Waals surface area contributed by atoms with E-state index in [0.29, 0.717) is 6.07 Å². The van der Waals surface area contributed by atoms with Crippen LogP contribution in [-0.4, -0.2) is 11.1 Å². The normalized spacial score (nSPS) is 34.7. The molecule has 1 aromatic carbocycles. The summed E-state index contributed by atoms with van der Waals surface area (Å²) in [5, 5.41) is 9.29. The van der Waals surface area contributed by atoms with Crippen molar-refractivity contribution in [3.05, 3.63) is 35.3 Å². The molecule has 0 radical (unpaired) electrons. The molecule has 1 N–H and O–H groups in total. The number of hydrogen-bond acceptors (Lipinski definition) is 1. The van der Waals surface area contributed by atoms with Gasteiger partial charge >= 0.3 is 5.97 Å². The van der Waals surface area contributed by atoms with Gasteiger partial charge in [-0.15, -0.1) is 0 Å². The van der Waals surface area contributed by atoms with Gasteiger partial charge in [-0.1, -0.05) is 37.9 Å². The van der Waals surface area contributed by atoms with Crippen molar-refractivity contribution in [3.63, 3.8) is 0 Å². The second-order valence-corrected chi connectivity index (χ2v) is 2.51. The fraction of sp³-hybridized carbons (Fsp3) is 0.462. The van der Waals surface area contributed by atoms with Crippen molar-refractivity contribution >= 4 is 5.97 Å². The van der Waals surface area contributed by atoms with Gasteiger partial charge in [0.15, 0.2) is 0 Å². The Morgan fingerprint density at radius 1 is 1.60 bits per heavy atom. The smallest absolute Gasteiger partial charge is 0.310 e. The van der Waals surface area contributed by atoms with Crippen LogP contribution in [0.2, 0.25) is 0 Å². The van der Waals surface area contributed by atoms with E-state index in [9.17, 15) is 9.90 Å². The average molecular weight is 222 g/mol. The maximum absolute atomic E-state index is 11.5. The molecule has 0 saturated heterocycles. The predicted molar refractivity (Wildman–Crippen MR) is 61.0 cm³/mol. The van der Waals surface area contributed by atoms with Gasteiger partial charge in [0.25, 0.3) is 0 Å². The minimum absolute atomic E-state index is 0.292. The molecule has 0 aromatic heterocycles. The molecule has 0 spiro atoms. The van der Waals surface area contributed by atoms with Crippen LogP contribution in [0.3, 0.4) is 0 Å². The first-order valence-electron chi connectivity index (χ1n) is 11.8. The highest BCUT2D eigenvalue weighted by Gasteiger charge is 2.12. The van der Waals surface area contributed by atoms with Gasteiger partial charge in [0.05, 0.1) is 10.0 Å². The van der Waals surface area contributed by atoms with Gasteiger partial charge < -0.3 is 5.11 Å². The quantitative estimate of drug-likeness (QED) is 0.850. The molecular formula is C13H18O2. The summed E-state index contributed by atoms with van der Waals surface area (Å²) >= 11 is 0. The first-order chi connectivity index (χ1) is 13.4. The first-order valence-corrected chi connectivity index (χ1v) is 3.76. The molecule has 0 saturated carbocycles. The average Bonchev–Trinajstić information content (AvgIpc) is 2.52. The lowest BCUT2D eigenvalue weighted by Crippen LogP contribution is -2.07. The van der Waals surface area contributed by atoms with E-state index in [0.717, 1.165) is 0 Å². The molecule has 1 atom stereocenters. The van der Waals surface area contributed by atoms with Crippen LogP contribution >= 0.6 is 0 Å². The van der Waals surface area contributed by atoms with Gasteiger partial charge in [0.1, 0.15) is 0 Å². The van der Waals surface area contributed by atoms with E-state index >= 15 is 0 Å². The molecule has 2 heteroatoms. The third-order valence-electron chi connectivity index (χ3n) is 1.42. The Kier molecular flexibility index (Phi) is 0.828. The standard InChI is InChI=1S/C13H18O2/c1-9(2)8-11-4-6-12(7-5-11)10(3)13(14)15/h4-7,9-10H,8H2,1-3H3,(H,14,15)/i1D3,2D3,3D3,4D,5D,6D,8D2,9D,10D.